The SMILES string of the molecule is CC(C)CC(CNc1c([N+](=O)[O-])ncn1C)CC(=O)O. The highest BCUT2D eigenvalue weighted by molar-refractivity contribution is 5.67. The van der Waals surface area contributed by atoms with E-state index in [9.17, 15) is 14.9 Å². The summed E-state index contributed by atoms with van der Waals surface area (Å²) >= 11 is 0. The number of anilines is 1. The summed E-state index contributed by atoms with van der Waals surface area (Å²) in [5.74, 6) is -0.526. The molecule has 0 fully saturated rings. The van der Waals surface area contributed by atoms with Crippen LogP contribution >= 0.6 is 0 Å². The van der Waals surface area contributed by atoms with E-state index in [4.69, 9.17) is 5.11 Å². The van der Waals surface area contributed by atoms with Crippen molar-refractivity contribution in [1.29, 1.82) is 0 Å². The maximum atomic E-state index is 10.8. The standard InChI is InChI=1S/C12H20N4O4/c1-8(2)4-9(5-10(17)18)6-13-11-12(16(19)20)14-7-15(11)3/h7-9,13H,4-6H2,1-3H3,(H,17,18). The summed E-state index contributed by atoms with van der Waals surface area (Å²) in [4.78, 5) is 24.8. The molecule has 0 saturated carbocycles. The number of hydrogen-bond donors (Lipinski definition) is 2. The maximum Gasteiger partial charge on any atom is 0.406 e. The van der Waals surface area contributed by atoms with Crippen molar-refractivity contribution in [3.63, 3.8) is 0 Å². The van der Waals surface area contributed by atoms with Gasteiger partial charge in [0.05, 0.1) is 0 Å². The van der Waals surface area contributed by atoms with Crippen molar-refractivity contribution in [2.45, 2.75) is 26.7 Å². The lowest BCUT2D eigenvalue weighted by molar-refractivity contribution is -0.388. The van der Waals surface area contributed by atoms with Crippen LogP contribution < -0.4 is 5.32 Å². The molecular formula is C12H20N4O4. The predicted molar refractivity (Wildman–Crippen MR) is 73.5 cm³/mol. The summed E-state index contributed by atoms with van der Waals surface area (Å²) < 4.78 is 1.52. The summed E-state index contributed by atoms with van der Waals surface area (Å²) in [6.45, 7) is 4.40. The molecule has 1 aromatic rings. The molecule has 2 N–H and O–H groups in total. The molecule has 1 aromatic heterocycles. The van der Waals surface area contributed by atoms with Crippen LogP contribution in [0.1, 0.15) is 26.7 Å². The van der Waals surface area contributed by atoms with Crippen LogP contribution in [0.2, 0.25) is 0 Å². The van der Waals surface area contributed by atoms with Gasteiger partial charge >= 0.3 is 11.8 Å². The number of aromatic nitrogens is 2. The topological polar surface area (TPSA) is 110 Å². The monoisotopic (exact) mass is 284 g/mol. The first kappa shape index (κ1) is 15.9. The molecule has 0 aliphatic carbocycles. The van der Waals surface area contributed by atoms with Crippen LogP contribution in [0, 0.1) is 22.0 Å². The zero-order chi connectivity index (χ0) is 15.3. The highest BCUT2D eigenvalue weighted by Gasteiger charge is 2.22. The number of nitro groups is 1. The first-order chi connectivity index (χ1) is 9.31. The van der Waals surface area contributed by atoms with Gasteiger partial charge < -0.3 is 20.5 Å². The molecule has 0 spiro atoms. The van der Waals surface area contributed by atoms with Gasteiger partial charge in [0.2, 0.25) is 12.1 Å². The van der Waals surface area contributed by atoms with Gasteiger partial charge in [0.15, 0.2) is 0 Å². The van der Waals surface area contributed by atoms with Crippen molar-refractivity contribution < 1.29 is 14.8 Å². The molecule has 0 aromatic carbocycles. The molecule has 0 amide bonds. The Balaban J connectivity index is 2.74. The summed E-state index contributed by atoms with van der Waals surface area (Å²) in [6.07, 6.45) is 2.14. The smallest absolute Gasteiger partial charge is 0.406 e. The normalized spacial score (nSPS) is 12.4. The largest absolute Gasteiger partial charge is 0.481 e. The minimum absolute atomic E-state index is 0.0385. The third-order valence-corrected chi connectivity index (χ3v) is 2.92. The number of aliphatic carboxylic acids is 1. The number of hydrogen-bond acceptors (Lipinski definition) is 5. The molecule has 0 aliphatic rings. The Labute approximate surface area is 117 Å². The molecule has 0 bridgehead atoms. The lowest BCUT2D eigenvalue weighted by Gasteiger charge is -2.18. The minimum atomic E-state index is -0.864. The second-order valence-electron chi connectivity index (χ2n) is 5.26. The molecule has 1 heterocycles. The fourth-order valence-electron chi connectivity index (χ4n) is 2.15. The van der Waals surface area contributed by atoms with E-state index in [1.807, 2.05) is 13.8 Å². The van der Waals surface area contributed by atoms with Gasteiger partial charge in [-0.2, -0.15) is 0 Å². The van der Waals surface area contributed by atoms with Crippen LogP contribution in [0.25, 0.3) is 0 Å². The van der Waals surface area contributed by atoms with Gasteiger partial charge in [-0.05, 0) is 28.2 Å². The number of nitrogens with zero attached hydrogens (tertiary/aromatic N) is 3. The van der Waals surface area contributed by atoms with Crippen LogP contribution in [0.5, 0.6) is 0 Å². The average Bonchev–Trinajstić information content (AvgIpc) is 2.66. The molecule has 0 aliphatic heterocycles. The van der Waals surface area contributed by atoms with Crippen LogP contribution in [0.3, 0.4) is 0 Å². The fourth-order valence-corrected chi connectivity index (χ4v) is 2.15. The Bertz CT molecular complexity index is 484. The number of rotatable bonds is 8. The zero-order valence-electron chi connectivity index (χ0n) is 11.9. The van der Waals surface area contributed by atoms with Crippen molar-refractivity contribution in [3.05, 3.63) is 16.4 Å². The number of carboxylic acids is 1. The number of aryl methyl sites for hydroxylation is 1. The van der Waals surface area contributed by atoms with Crippen molar-refractivity contribution in [2.75, 3.05) is 11.9 Å². The quantitative estimate of drug-likeness (QED) is 0.557. The van der Waals surface area contributed by atoms with Crippen molar-refractivity contribution >= 4 is 17.6 Å². The van der Waals surface area contributed by atoms with E-state index >= 15 is 0 Å². The van der Waals surface area contributed by atoms with Crippen LogP contribution in [-0.2, 0) is 11.8 Å². The summed E-state index contributed by atoms with van der Waals surface area (Å²) in [5, 5.41) is 22.7. The van der Waals surface area contributed by atoms with Crippen molar-refractivity contribution in [2.24, 2.45) is 18.9 Å². The Kier molecular flexibility index (Phi) is 5.48. The number of carbonyl (C=O) groups is 1. The Morgan fingerprint density at radius 2 is 2.25 bits per heavy atom. The van der Waals surface area contributed by atoms with Gasteiger partial charge in [-0.15, -0.1) is 0 Å². The average molecular weight is 284 g/mol. The van der Waals surface area contributed by atoms with E-state index in [0.717, 1.165) is 6.42 Å². The van der Waals surface area contributed by atoms with Gasteiger partial charge in [0.1, 0.15) is 0 Å². The van der Waals surface area contributed by atoms with Crippen LogP contribution in [0.4, 0.5) is 11.6 Å². The van der Waals surface area contributed by atoms with Crippen LogP contribution in [0.15, 0.2) is 6.33 Å². The van der Waals surface area contributed by atoms with Gasteiger partial charge in [-0.1, -0.05) is 13.8 Å². The number of imidazole rings is 1. The molecule has 0 saturated heterocycles. The lowest BCUT2D eigenvalue weighted by atomic mass is 9.94. The maximum absolute atomic E-state index is 10.8. The van der Waals surface area contributed by atoms with E-state index in [1.54, 1.807) is 7.05 Å². The Morgan fingerprint density at radius 3 is 2.75 bits per heavy atom. The van der Waals surface area contributed by atoms with Crippen molar-refractivity contribution in [1.82, 2.24) is 9.55 Å². The molecule has 1 unspecified atom stereocenters. The molecule has 20 heavy (non-hydrogen) atoms. The first-order valence-corrected chi connectivity index (χ1v) is 6.42. The fraction of sp³-hybridized carbons (Fsp3) is 0.667. The minimum Gasteiger partial charge on any atom is -0.481 e. The van der Waals surface area contributed by atoms with Crippen LogP contribution in [-0.4, -0.2) is 32.1 Å². The summed E-state index contributed by atoms with van der Waals surface area (Å²) in [7, 11) is 1.65. The van der Waals surface area contributed by atoms with E-state index < -0.39 is 10.9 Å². The van der Waals surface area contributed by atoms with Gasteiger partial charge in [-0.3, -0.25) is 9.36 Å². The highest BCUT2D eigenvalue weighted by atomic mass is 16.6. The van der Waals surface area contributed by atoms with Crippen molar-refractivity contribution in [3.8, 4) is 0 Å². The third-order valence-electron chi connectivity index (χ3n) is 2.92. The third kappa shape index (κ3) is 4.52. The second-order valence-corrected chi connectivity index (χ2v) is 5.26. The predicted octanol–water partition coefficient (Wildman–Crippen LogP) is 1.88. The molecular weight excluding hydrogens is 264 g/mol. The highest BCUT2D eigenvalue weighted by Crippen LogP contribution is 2.23. The summed E-state index contributed by atoms with van der Waals surface area (Å²) in [6, 6.07) is 0. The molecule has 1 rings (SSSR count). The van der Waals surface area contributed by atoms with Gasteiger partial charge in [-0.25, -0.2) is 0 Å². The van der Waals surface area contributed by atoms with E-state index in [2.05, 4.69) is 10.3 Å². The zero-order valence-corrected chi connectivity index (χ0v) is 11.9. The van der Waals surface area contributed by atoms with Gasteiger partial charge in [0.25, 0.3) is 0 Å². The molecule has 8 nitrogen and oxygen atoms in total. The van der Waals surface area contributed by atoms with E-state index in [1.165, 1.54) is 10.9 Å². The van der Waals surface area contributed by atoms with E-state index in [0.29, 0.717) is 18.3 Å². The second kappa shape index (κ2) is 6.88. The van der Waals surface area contributed by atoms with E-state index in [-0.39, 0.29) is 18.2 Å². The molecule has 1 atom stereocenters. The molecule has 0 radical (unpaired) electrons. The molecule has 112 valence electrons. The number of carboxylic acid groups (broad SMARTS) is 1. The van der Waals surface area contributed by atoms with Gasteiger partial charge in [0, 0.05) is 20.0 Å². The Hall–Kier alpha value is -2.12. The lowest BCUT2D eigenvalue weighted by Crippen LogP contribution is -2.21. The number of nitrogens with one attached hydrogen (secondary N) is 1. The first-order valence-electron chi connectivity index (χ1n) is 6.42. The Morgan fingerprint density at radius 1 is 1.60 bits per heavy atom. The summed E-state index contributed by atoms with van der Waals surface area (Å²) in [5.41, 5.74) is 0. The molecule has 8 heteroatoms.